The van der Waals surface area contributed by atoms with Crippen LogP contribution in [-0.4, -0.2) is 0 Å². The van der Waals surface area contributed by atoms with Crippen LogP contribution >= 0.6 is 0 Å². The summed E-state index contributed by atoms with van der Waals surface area (Å²) >= 11 is 0. The van der Waals surface area contributed by atoms with Gasteiger partial charge in [-0.2, -0.15) is 0 Å². The average molecular weight is 176 g/mol. The normalized spacial score (nSPS) is 43.1. The highest BCUT2D eigenvalue weighted by atomic mass is 14.5. The van der Waals surface area contributed by atoms with Crippen molar-refractivity contribution in [3.63, 3.8) is 0 Å². The molecule has 0 heterocycles. The molecule has 72 valence electrons. The van der Waals surface area contributed by atoms with Gasteiger partial charge >= 0.3 is 0 Å². The van der Waals surface area contributed by atoms with Gasteiger partial charge in [-0.1, -0.05) is 39.8 Å². The Bertz CT molecular complexity index is 282. The molecule has 0 aromatic heterocycles. The number of fused-ring (bicyclic) bond motifs is 1. The molecule has 0 heteroatoms. The number of rotatable bonds is 1. The SMILES string of the molecule is CCC1(C)C2=CCC(C)C=C2C1C. The van der Waals surface area contributed by atoms with E-state index >= 15 is 0 Å². The van der Waals surface area contributed by atoms with Crippen LogP contribution < -0.4 is 0 Å². The van der Waals surface area contributed by atoms with E-state index in [0.717, 1.165) is 11.8 Å². The molecule has 0 nitrogen and oxygen atoms in total. The molecule has 0 aliphatic heterocycles. The molecule has 2 rings (SSSR count). The highest BCUT2D eigenvalue weighted by molar-refractivity contribution is 5.51. The van der Waals surface area contributed by atoms with Crippen molar-refractivity contribution < 1.29 is 0 Å². The molecule has 0 amide bonds. The smallest absolute Gasteiger partial charge is 0.00124 e. The minimum absolute atomic E-state index is 0.492. The second-order valence-electron chi connectivity index (χ2n) is 4.95. The zero-order valence-corrected chi connectivity index (χ0v) is 9.22. The predicted octanol–water partition coefficient (Wildman–Crippen LogP) is 3.95. The number of hydrogen-bond donors (Lipinski definition) is 0. The van der Waals surface area contributed by atoms with Gasteiger partial charge in [0.25, 0.3) is 0 Å². The van der Waals surface area contributed by atoms with Gasteiger partial charge in [0, 0.05) is 0 Å². The second kappa shape index (κ2) is 2.73. The lowest BCUT2D eigenvalue weighted by atomic mass is 9.52. The van der Waals surface area contributed by atoms with Gasteiger partial charge in [-0.3, -0.25) is 0 Å². The van der Waals surface area contributed by atoms with Crippen LogP contribution in [-0.2, 0) is 0 Å². The molecular weight excluding hydrogens is 156 g/mol. The van der Waals surface area contributed by atoms with E-state index in [-0.39, 0.29) is 0 Å². The first-order chi connectivity index (χ1) is 6.09. The lowest BCUT2D eigenvalue weighted by Gasteiger charge is -2.52. The van der Waals surface area contributed by atoms with Crippen LogP contribution in [0.2, 0.25) is 0 Å². The summed E-state index contributed by atoms with van der Waals surface area (Å²) in [5, 5.41) is 0. The van der Waals surface area contributed by atoms with Crippen LogP contribution in [0.3, 0.4) is 0 Å². The van der Waals surface area contributed by atoms with Crippen LogP contribution in [0.25, 0.3) is 0 Å². The van der Waals surface area contributed by atoms with Crippen molar-refractivity contribution in [2.45, 2.75) is 40.5 Å². The Morgan fingerprint density at radius 1 is 1.46 bits per heavy atom. The molecule has 0 aromatic carbocycles. The lowest BCUT2D eigenvalue weighted by Crippen LogP contribution is -2.41. The summed E-state index contributed by atoms with van der Waals surface area (Å²) in [6.45, 7) is 9.42. The van der Waals surface area contributed by atoms with Gasteiger partial charge in [0.1, 0.15) is 0 Å². The van der Waals surface area contributed by atoms with Gasteiger partial charge < -0.3 is 0 Å². The van der Waals surface area contributed by atoms with Crippen molar-refractivity contribution in [1.82, 2.24) is 0 Å². The molecule has 3 atom stereocenters. The van der Waals surface area contributed by atoms with Crippen LogP contribution in [0, 0.1) is 17.3 Å². The van der Waals surface area contributed by atoms with E-state index in [9.17, 15) is 0 Å². The Labute approximate surface area is 81.7 Å². The molecule has 0 radical (unpaired) electrons. The number of allylic oxidation sites excluding steroid dienone is 4. The maximum atomic E-state index is 2.48. The largest absolute Gasteiger partial charge is 0.0799 e. The van der Waals surface area contributed by atoms with Gasteiger partial charge in [0.2, 0.25) is 0 Å². The van der Waals surface area contributed by atoms with Crippen LogP contribution in [0.5, 0.6) is 0 Å². The first kappa shape index (κ1) is 9.05. The highest BCUT2D eigenvalue weighted by Gasteiger charge is 2.47. The molecule has 2 aliphatic carbocycles. The fraction of sp³-hybridized carbons (Fsp3) is 0.692. The van der Waals surface area contributed by atoms with Crippen molar-refractivity contribution in [1.29, 1.82) is 0 Å². The Morgan fingerprint density at radius 3 is 2.77 bits per heavy atom. The van der Waals surface area contributed by atoms with E-state index < -0.39 is 0 Å². The molecular formula is C13H20. The summed E-state index contributed by atoms with van der Waals surface area (Å²) in [6, 6.07) is 0. The standard InChI is InChI=1S/C13H20/c1-5-13(4)10(3)11-8-9(2)6-7-12(11)13/h7-10H,5-6H2,1-4H3. The molecule has 1 saturated carbocycles. The molecule has 0 spiro atoms. The van der Waals surface area contributed by atoms with Crippen molar-refractivity contribution in [2.75, 3.05) is 0 Å². The van der Waals surface area contributed by atoms with Crippen LogP contribution in [0.15, 0.2) is 23.3 Å². The quantitative estimate of drug-likeness (QED) is 0.567. The Hall–Kier alpha value is -0.520. The molecule has 1 fully saturated rings. The maximum Gasteiger partial charge on any atom is -0.00124 e. The van der Waals surface area contributed by atoms with E-state index in [0.29, 0.717) is 5.41 Å². The Balaban J connectivity index is 2.31. The van der Waals surface area contributed by atoms with E-state index in [1.807, 2.05) is 0 Å². The first-order valence-electron chi connectivity index (χ1n) is 5.52. The number of hydrogen-bond acceptors (Lipinski definition) is 0. The summed E-state index contributed by atoms with van der Waals surface area (Å²) in [6.07, 6.45) is 7.49. The second-order valence-corrected chi connectivity index (χ2v) is 4.95. The van der Waals surface area contributed by atoms with Gasteiger partial charge in [0.05, 0.1) is 0 Å². The van der Waals surface area contributed by atoms with Gasteiger partial charge in [-0.05, 0) is 41.2 Å². The van der Waals surface area contributed by atoms with Crippen molar-refractivity contribution in [3.8, 4) is 0 Å². The zero-order valence-electron chi connectivity index (χ0n) is 9.22. The van der Waals surface area contributed by atoms with E-state index in [4.69, 9.17) is 0 Å². The zero-order chi connectivity index (χ0) is 9.64. The summed E-state index contributed by atoms with van der Waals surface area (Å²) < 4.78 is 0. The minimum Gasteiger partial charge on any atom is -0.0799 e. The minimum atomic E-state index is 0.492. The summed E-state index contributed by atoms with van der Waals surface area (Å²) in [5.74, 6) is 1.55. The topological polar surface area (TPSA) is 0 Å². The molecule has 0 N–H and O–H groups in total. The maximum absolute atomic E-state index is 2.48. The highest BCUT2D eigenvalue weighted by Crippen LogP contribution is 2.58. The van der Waals surface area contributed by atoms with Gasteiger partial charge in [-0.15, -0.1) is 0 Å². The van der Waals surface area contributed by atoms with Crippen LogP contribution in [0.4, 0.5) is 0 Å². The first-order valence-corrected chi connectivity index (χ1v) is 5.52. The average Bonchev–Trinajstić information content (AvgIpc) is 2.16. The van der Waals surface area contributed by atoms with Gasteiger partial charge in [0.15, 0.2) is 0 Å². The Morgan fingerprint density at radius 2 is 2.15 bits per heavy atom. The summed E-state index contributed by atoms with van der Waals surface area (Å²) in [4.78, 5) is 0. The monoisotopic (exact) mass is 176 g/mol. The fourth-order valence-corrected chi connectivity index (χ4v) is 2.82. The molecule has 2 aliphatic rings. The molecule has 0 aromatic rings. The van der Waals surface area contributed by atoms with E-state index in [1.165, 1.54) is 12.8 Å². The van der Waals surface area contributed by atoms with E-state index in [2.05, 4.69) is 39.8 Å². The Kier molecular flexibility index (Phi) is 1.90. The third kappa shape index (κ3) is 1.04. The van der Waals surface area contributed by atoms with Crippen molar-refractivity contribution in [3.05, 3.63) is 23.3 Å². The van der Waals surface area contributed by atoms with Crippen molar-refractivity contribution >= 4 is 0 Å². The molecule has 3 unspecified atom stereocenters. The third-order valence-electron chi connectivity index (χ3n) is 4.24. The summed E-state index contributed by atoms with van der Waals surface area (Å²) in [7, 11) is 0. The molecule has 0 saturated heterocycles. The lowest BCUT2D eigenvalue weighted by molar-refractivity contribution is 0.215. The predicted molar refractivity (Wildman–Crippen MR) is 57.5 cm³/mol. The van der Waals surface area contributed by atoms with Crippen molar-refractivity contribution in [2.24, 2.45) is 17.3 Å². The fourth-order valence-electron chi connectivity index (χ4n) is 2.82. The molecule has 0 bridgehead atoms. The third-order valence-corrected chi connectivity index (χ3v) is 4.24. The van der Waals surface area contributed by atoms with Gasteiger partial charge in [-0.25, -0.2) is 0 Å². The summed E-state index contributed by atoms with van der Waals surface area (Å²) in [5.41, 5.74) is 3.79. The van der Waals surface area contributed by atoms with E-state index in [1.54, 1.807) is 11.1 Å². The molecule has 13 heavy (non-hydrogen) atoms. The van der Waals surface area contributed by atoms with Crippen LogP contribution in [0.1, 0.15) is 40.5 Å².